The number of rotatable bonds is 7. The fourth-order valence-corrected chi connectivity index (χ4v) is 3.26. The Morgan fingerprint density at radius 2 is 1.81 bits per heavy atom. The molecule has 1 saturated heterocycles. The van der Waals surface area contributed by atoms with Gasteiger partial charge in [-0.2, -0.15) is 0 Å². The molecule has 1 heterocycles. The van der Waals surface area contributed by atoms with Crippen LogP contribution in [0.1, 0.15) is 12.0 Å². The van der Waals surface area contributed by atoms with Gasteiger partial charge in [0.2, 0.25) is 5.91 Å². The van der Waals surface area contributed by atoms with Crippen molar-refractivity contribution >= 4 is 18.0 Å². The van der Waals surface area contributed by atoms with Crippen molar-refractivity contribution < 1.29 is 33.0 Å². The number of nitrogens with one attached hydrogen (secondary N) is 1. The third-order valence-corrected chi connectivity index (χ3v) is 4.78. The summed E-state index contributed by atoms with van der Waals surface area (Å²) in [4.78, 5) is 37.9. The number of halogens is 1. The van der Waals surface area contributed by atoms with Crippen LogP contribution >= 0.6 is 0 Å². The second-order valence-electron chi connectivity index (χ2n) is 6.91. The summed E-state index contributed by atoms with van der Waals surface area (Å²) in [7, 11) is 1.22. The Bertz CT molecular complexity index is 923. The van der Waals surface area contributed by atoms with E-state index in [-0.39, 0.29) is 31.9 Å². The molecule has 2 aromatic carbocycles. The fraction of sp³-hybridized carbons (Fsp3) is 0.318. The van der Waals surface area contributed by atoms with Crippen LogP contribution in [0, 0.1) is 5.82 Å². The topological polar surface area (TPSA) is 94.2 Å². The first-order chi connectivity index (χ1) is 15.0. The average molecular weight is 430 g/mol. The summed E-state index contributed by atoms with van der Waals surface area (Å²) in [5.41, 5.74) is 0.808. The summed E-state index contributed by atoms with van der Waals surface area (Å²) >= 11 is 0. The summed E-state index contributed by atoms with van der Waals surface area (Å²) in [6.45, 7) is -0.255. The lowest BCUT2D eigenvalue weighted by molar-refractivity contribution is -0.150. The van der Waals surface area contributed by atoms with Crippen molar-refractivity contribution in [2.45, 2.75) is 25.2 Å². The highest BCUT2D eigenvalue weighted by molar-refractivity contribution is 5.88. The van der Waals surface area contributed by atoms with E-state index in [2.05, 4.69) is 5.32 Å². The molecular weight excluding hydrogens is 407 g/mol. The molecule has 1 fully saturated rings. The van der Waals surface area contributed by atoms with Crippen molar-refractivity contribution in [3.05, 3.63) is 66.0 Å². The lowest BCUT2D eigenvalue weighted by Gasteiger charge is -2.22. The Hall–Kier alpha value is -3.62. The molecule has 2 atom stereocenters. The van der Waals surface area contributed by atoms with Crippen LogP contribution in [0.3, 0.4) is 0 Å². The van der Waals surface area contributed by atoms with Gasteiger partial charge in [-0.15, -0.1) is 0 Å². The molecule has 0 bridgehead atoms. The predicted molar refractivity (Wildman–Crippen MR) is 108 cm³/mol. The van der Waals surface area contributed by atoms with E-state index in [1.54, 1.807) is 18.2 Å². The number of para-hydroxylation sites is 1. The van der Waals surface area contributed by atoms with E-state index >= 15 is 0 Å². The van der Waals surface area contributed by atoms with Crippen molar-refractivity contribution in [2.75, 3.05) is 20.2 Å². The SMILES string of the molecule is COC(=O)C1CC(Oc2ccccc2F)CN1C(=O)CNC(=O)OCc1ccccc1. The smallest absolute Gasteiger partial charge is 0.407 e. The molecule has 31 heavy (non-hydrogen) atoms. The van der Waals surface area contributed by atoms with Crippen LogP contribution in [0.15, 0.2) is 54.6 Å². The summed E-state index contributed by atoms with van der Waals surface area (Å²) in [5.74, 6) is -1.62. The number of likely N-dealkylation sites (tertiary alicyclic amines) is 1. The van der Waals surface area contributed by atoms with Gasteiger partial charge in [0, 0.05) is 6.42 Å². The van der Waals surface area contributed by atoms with E-state index in [0.717, 1.165) is 5.56 Å². The number of ether oxygens (including phenoxy) is 3. The summed E-state index contributed by atoms with van der Waals surface area (Å²) < 4.78 is 29.3. The van der Waals surface area contributed by atoms with E-state index < -0.39 is 35.9 Å². The minimum atomic E-state index is -0.892. The van der Waals surface area contributed by atoms with E-state index in [4.69, 9.17) is 14.2 Å². The molecule has 0 spiro atoms. The van der Waals surface area contributed by atoms with Crippen molar-refractivity contribution in [1.29, 1.82) is 0 Å². The zero-order valence-corrected chi connectivity index (χ0v) is 17.0. The average Bonchev–Trinajstić information content (AvgIpc) is 3.21. The summed E-state index contributed by atoms with van der Waals surface area (Å²) in [6, 6.07) is 14.1. The normalized spacial score (nSPS) is 17.7. The van der Waals surface area contributed by atoms with Gasteiger partial charge in [0.1, 0.15) is 25.3 Å². The first-order valence-corrected chi connectivity index (χ1v) is 9.71. The van der Waals surface area contributed by atoms with Crippen molar-refractivity contribution in [3.63, 3.8) is 0 Å². The molecule has 0 saturated carbocycles. The Kier molecular flexibility index (Phi) is 7.42. The largest absolute Gasteiger partial charge is 0.485 e. The Morgan fingerprint density at radius 3 is 2.52 bits per heavy atom. The first-order valence-electron chi connectivity index (χ1n) is 9.71. The highest BCUT2D eigenvalue weighted by Crippen LogP contribution is 2.25. The number of alkyl carbamates (subject to hydrolysis) is 1. The molecule has 164 valence electrons. The monoisotopic (exact) mass is 430 g/mol. The minimum Gasteiger partial charge on any atom is -0.485 e. The zero-order valence-electron chi connectivity index (χ0n) is 17.0. The van der Waals surface area contributed by atoms with E-state index in [0.29, 0.717) is 0 Å². The number of carbonyl (C=O) groups excluding carboxylic acids is 3. The maximum Gasteiger partial charge on any atom is 0.407 e. The van der Waals surface area contributed by atoms with Crippen LogP contribution in [-0.4, -0.2) is 55.2 Å². The van der Waals surface area contributed by atoms with Crippen molar-refractivity contribution in [2.24, 2.45) is 0 Å². The predicted octanol–water partition coefficient (Wildman–Crippen LogP) is 2.27. The van der Waals surface area contributed by atoms with Gasteiger partial charge in [0.15, 0.2) is 11.6 Å². The van der Waals surface area contributed by atoms with E-state index in [1.165, 1.54) is 30.2 Å². The molecule has 9 heteroatoms. The van der Waals surface area contributed by atoms with Crippen molar-refractivity contribution in [1.82, 2.24) is 10.2 Å². The maximum atomic E-state index is 13.9. The molecule has 0 aliphatic carbocycles. The van der Waals surface area contributed by atoms with Gasteiger partial charge in [0.05, 0.1) is 13.7 Å². The molecule has 8 nitrogen and oxygen atoms in total. The van der Waals surface area contributed by atoms with Crippen LogP contribution in [0.25, 0.3) is 0 Å². The second-order valence-corrected chi connectivity index (χ2v) is 6.91. The van der Waals surface area contributed by atoms with Gasteiger partial charge in [-0.1, -0.05) is 42.5 Å². The second kappa shape index (κ2) is 10.4. The summed E-state index contributed by atoms with van der Waals surface area (Å²) in [5, 5.41) is 2.38. The molecule has 2 aromatic rings. The third-order valence-electron chi connectivity index (χ3n) is 4.78. The quantitative estimate of drug-likeness (QED) is 0.678. The van der Waals surface area contributed by atoms with Gasteiger partial charge in [0.25, 0.3) is 0 Å². The number of nitrogens with zero attached hydrogens (tertiary/aromatic N) is 1. The Balaban J connectivity index is 1.55. The number of carbonyl (C=O) groups is 3. The number of esters is 1. The molecule has 1 aliphatic rings. The molecule has 1 aliphatic heterocycles. The molecule has 0 radical (unpaired) electrons. The van der Waals surface area contributed by atoms with Gasteiger partial charge in [-0.05, 0) is 17.7 Å². The number of benzene rings is 2. The van der Waals surface area contributed by atoms with Gasteiger partial charge in [-0.25, -0.2) is 14.0 Å². The number of methoxy groups -OCH3 is 1. The highest BCUT2D eigenvalue weighted by atomic mass is 19.1. The van der Waals surface area contributed by atoms with Crippen LogP contribution in [-0.2, 0) is 25.7 Å². The van der Waals surface area contributed by atoms with E-state index in [9.17, 15) is 18.8 Å². The number of hydrogen-bond acceptors (Lipinski definition) is 6. The fourth-order valence-electron chi connectivity index (χ4n) is 3.26. The Labute approximate surface area is 178 Å². The van der Waals surface area contributed by atoms with Crippen LogP contribution in [0.4, 0.5) is 9.18 Å². The number of amides is 2. The van der Waals surface area contributed by atoms with Gasteiger partial charge < -0.3 is 24.4 Å². The molecule has 3 rings (SSSR count). The number of hydrogen-bond donors (Lipinski definition) is 1. The lowest BCUT2D eigenvalue weighted by Crippen LogP contribution is -2.46. The highest BCUT2D eigenvalue weighted by Gasteiger charge is 2.41. The molecule has 2 unspecified atom stereocenters. The van der Waals surface area contributed by atoms with E-state index in [1.807, 2.05) is 18.2 Å². The lowest BCUT2D eigenvalue weighted by atomic mass is 10.2. The molecule has 2 amide bonds. The first kappa shape index (κ1) is 22.1. The molecule has 0 aromatic heterocycles. The third kappa shape index (κ3) is 5.94. The minimum absolute atomic E-state index is 0.0352. The standard InChI is InChI=1S/C22H23FN2O6/c1-29-21(27)18-11-16(31-19-10-6-5-9-17(19)23)13-25(18)20(26)12-24-22(28)30-14-15-7-3-2-4-8-15/h2-10,16,18H,11-14H2,1H3,(H,24,28). The van der Waals surface area contributed by atoms with Gasteiger partial charge in [-0.3, -0.25) is 4.79 Å². The van der Waals surface area contributed by atoms with Crippen molar-refractivity contribution in [3.8, 4) is 5.75 Å². The maximum absolute atomic E-state index is 13.9. The summed E-state index contributed by atoms with van der Waals surface area (Å²) in [6.07, 6.45) is -1.22. The van der Waals surface area contributed by atoms with Gasteiger partial charge >= 0.3 is 12.1 Å². The Morgan fingerprint density at radius 1 is 1.10 bits per heavy atom. The zero-order chi connectivity index (χ0) is 22.2. The van der Waals surface area contributed by atoms with Crippen LogP contribution < -0.4 is 10.1 Å². The molecular formula is C22H23FN2O6. The van der Waals surface area contributed by atoms with Crippen LogP contribution in [0.2, 0.25) is 0 Å². The van der Waals surface area contributed by atoms with Crippen LogP contribution in [0.5, 0.6) is 5.75 Å². The molecule has 1 N–H and O–H groups in total.